The highest BCUT2D eigenvalue weighted by Gasteiger charge is 2.28. The van der Waals surface area contributed by atoms with Gasteiger partial charge in [0.2, 0.25) is 5.88 Å². The number of rotatable bonds is 6. The minimum Gasteiger partial charge on any atom is -0.473 e. The lowest BCUT2D eigenvalue weighted by Gasteiger charge is -2.33. The first-order chi connectivity index (χ1) is 16.1. The predicted octanol–water partition coefficient (Wildman–Crippen LogP) is 4.55. The van der Waals surface area contributed by atoms with E-state index in [0.717, 1.165) is 23.6 Å². The van der Waals surface area contributed by atoms with Gasteiger partial charge in [0.15, 0.2) is 0 Å². The van der Waals surface area contributed by atoms with Crippen LogP contribution in [0.2, 0.25) is 0 Å². The second kappa shape index (κ2) is 10.8. The molecule has 1 aliphatic rings. The van der Waals surface area contributed by atoms with Gasteiger partial charge in [-0.3, -0.25) is 9.63 Å². The van der Waals surface area contributed by atoms with Crippen LogP contribution >= 0.6 is 0 Å². The third-order valence-electron chi connectivity index (χ3n) is 5.52. The van der Waals surface area contributed by atoms with Crippen LogP contribution in [0.1, 0.15) is 61.1 Å². The molecule has 0 spiro atoms. The lowest BCUT2D eigenvalue weighted by atomic mass is 9.93. The smallest absolute Gasteiger partial charge is 0.410 e. The van der Waals surface area contributed by atoms with Crippen molar-refractivity contribution in [2.45, 2.75) is 51.7 Å². The molecular weight excluding hydrogens is 441 g/mol. The molecule has 1 aromatic heterocycles. The van der Waals surface area contributed by atoms with Gasteiger partial charge in [-0.25, -0.2) is 19.2 Å². The number of hydroxylamine groups is 2. The molecular formula is C25H32FN3O5. The fraction of sp³-hybridized carbons (Fsp3) is 0.480. The number of aromatic nitrogens is 1. The van der Waals surface area contributed by atoms with E-state index in [-0.39, 0.29) is 24.2 Å². The highest BCUT2D eigenvalue weighted by molar-refractivity contribution is 5.93. The summed E-state index contributed by atoms with van der Waals surface area (Å²) in [5.41, 5.74) is 0.884. The molecule has 1 aromatic carbocycles. The molecule has 3 rings (SSSR count). The van der Waals surface area contributed by atoms with Crippen LogP contribution in [0, 0.1) is 5.82 Å². The summed E-state index contributed by atoms with van der Waals surface area (Å²) < 4.78 is 25.6. The molecule has 0 aliphatic carbocycles. The van der Waals surface area contributed by atoms with Crippen molar-refractivity contribution >= 4 is 12.0 Å². The van der Waals surface area contributed by atoms with Gasteiger partial charge in [-0.2, -0.15) is 0 Å². The minimum absolute atomic E-state index is 0.0778. The standard InChI is InChI=1S/C25H32FN3O5/c1-25(2,3)34-24(31)29-13-11-18(12-14-29)21-7-6-8-22(27-21)33-16-17-9-10-19(20(26)15-17)23(30)28(4)32-5/h6-10,15,18H,11-14,16H2,1-5H3. The molecule has 1 saturated heterocycles. The second-order valence-corrected chi connectivity index (χ2v) is 9.23. The Balaban J connectivity index is 1.57. The molecule has 0 radical (unpaired) electrons. The zero-order chi connectivity index (χ0) is 24.9. The van der Waals surface area contributed by atoms with Gasteiger partial charge in [0, 0.05) is 37.8 Å². The summed E-state index contributed by atoms with van der Waals surface area (Å²) in [5, 5.41) is 0.960. The van der Waals surface area contributed by atoms with Crippen LogP contribution in [0.4, 0.5) is 9.18 Å². The van der Waals surface area contributed by atoms with Crippen LogP contribution in [-0.2, 0) is 16.2 Å². The summed E-state index contributed by atoms with van der Waals surface area (Å²) in [5.74, 6) is -0.567. The summed E-state index contributed by atoms with van der Waals surface area (Å²) >= 11 is 0. The fourth-order valence-corrected chi connectivity index (χ4v) is 3.65. The summed E-state index contributed by atoms with van der Waals surface area (Å²) in [6, 6.07) is 9.90. The Hall–Kier alpha value is -3.20. The van der Waals surface area contributed by atoms with E-state index in [0.29, 0.717) is 24.5 Å². The molecule has 2 aromatic rings. The summed E-state index contributed by atoms with van der Waals surface area (Å²) in [6.07, 6.45) is 1.28. The Kier molecular flexibility index (Phi) is 8.09. The number of halogens is 1. The van der Waals surface area contributed by atoms with Crippen molar-refractivity contribution in [2.24, 2.45) is 0 Å². The van der Waals surface area contributed by atoms with E-state index in [9.17, 15) is 14.0 Å². The molecule has 0 atom stereocenters. The van der Waals surface area contributed by atoms with Crippen molar-refractivity contribution in [1.29, 1.82) is 0 Å². The van der Waals surface area contributed by atoms with Gasteiger partial charge >= 0.3 is 6.09 Å². The van der Waals surface area contributed by atoms with Crippen molar-refractivity contribution in [2.75, 3.05) is 27.2 Å². The van der Waals surface area contributed by atoms with Crippen LogP contribution in [0.3, 0.4) is 0 Å². The molecule has 0 bridgehead atoms. The molecule has 184 valence electrons. The normalized spacial score (nSPS) is 14.6. The monoisotopic (exact) mass is 473 g/mol. The molecule has 34 heavy (non-hydrogen) atoms. The van der Waals surface area contributed by atoms with Gasteiger partial charge in [-0.1, -0.05) is 12.1 Å². The lowest BCUT2D eigenvalue weighted by molar-refractivity contribution is -0.0759. The van der Waals surface area contributed by atoms with Gasteiger partial charge in [0.1, 0.15) is 18.0 Å². The van der Waals surface area contributed by atoms with Gasteiger partial charge in [-0.15, -0.1) is 0 Å². The van der Waals surface area contributed by atoms with E-state index in [1.165, 1.54) is 26.3 Å². The fourth-order valence-electron chi connectivity index (χ4n) is 3.65. The van der Waals surface area contributed by atoms with Crippen molar-refractivity contribution in [3.05, 3.63) is 59.0 Å². The minimum atomic E-state index is -0.645. The summed E-state index contributed by atoms with van der Waals surface area (Å²) in [6.45, 7) is 6.89. The van der Waals surface area contributed by atoms with Crippen LogP contribution in [0.5, 0.6) is 5.88 Å². The Morgan fingerprint density at radius 2 is 1.88 bits per heavy atom. The van der Waals surface area contributed by atoms with Crippen molar-refractivity contribution < 1.29 is 28.3 Å². The van der Waals surface area contributed by atoms with Crippen LogP contribution in [0.25, 0.3) is 0 Å². The lowest BCUT2D eigenvalue weighted by Crippen LogP contribution is -2.41. The molecule has 0 N–H and O–H groups in total. The molecule has 8 nitrogen and oxygen atoms in total. The Bertz CT molecular complexity index is 1020. The number of likely N-dealkylation sites (tertiary alicyclic amines) is 1. The summed E-state index contributed by atoms with van der Waals surface area (Å²) in [4.78, 5) is 35.5. The first-order valence-electron chi connectivity index (χ1n) is 11.3. The number of benzene rings is 1. The number of piperidine rings is 1. The van der Waals surface area contributed by atoms with Crippen LogP contribution in [-0.4, -0.2) is 59.8 Å². The number of amides is 2. The molecule has 1 fully saturated rings. The van der Waals surface area contributed by atoms with Gasteiger partial charge in [0.25, 0.3) is 5.91 Å². The number of hydrogen-bond acceptors (Lipinski definition) is 6. The van der Waals surface area contributed by atoms with E-state index in [1.54, 1.807) is 17.0 Å². The van der Waals surface area contributed by atoms with Gasteiger partial charge in [-0.05, 0) is 57.4 Å². The van der Waals surface area contributed by atoms with E-state index >= 15 is 0 Å². The zero-order valence-electron chi connectivity index (χ0n) is 20.3. The quantitative estimate of drug-likeness (QED) is 0.573. The highest BCUT2D eigenvalue weighted by atomic mass is 19.1. The average Bonchev–Trinajstić information content (AvgIpc) is 2.81. The molecule has 0 saturated carbocycles. The molecule has 1 aliphatic heterocycles. The van der Waals surface area contributed by atoms with Crippen molar-refractivity contribution in [3.63, 3.8) is 0 Å². The molecule has 2 amide bonds. The number of nitrogens with zero attached hydrogens (tertiary/aromatic N) is 3. The Morgan fingerprint density at radius 1 is 1.18 bits per heavy atom. The largest absolute Gasteiger partial charge is 0.473 e. The molecule has 0 unspecified atom stereocenters. The highest BCUT2D eigenvalue weighted by Crippen LogP contribution is 2.29. The maximum Gasteiger partial charge on any atom is 0.410 e. The van der Waals surface area contributed by atoms with Gasteiger partial charge in [0.05, 0.1) is 12.7 Å². The maximum absolute atomic E-state index is 14.4. The zero-order valence-corrected chi connectivity index (χ0v) is 20.3. The first kappa shape index (κ1) is 25.4. The third kappa shape index (κ3) is 6.66. The third-order valence-corrected chi connectivity index (χ3v) is 5.52. The first-order valence-corrected chi connectivity index (χ1v) is 11.3. The molecule has 2 heterocycles. The second-order valence-electron chi connectivity index (χ2n) is 9.23. The van der Waals surface area contributed by atoms with Crippen LogP contribution in [0.15, 0.2) is 36.4 Å². The van der Waals surface area contributed by atoms with E-state index in [4.69, 9.17) is 14.3 Å². The Labute approximate surface area is 199 Å². The maximum atomic E-state index is 14.4. The SMILES string of the molecule is CON(C)C(=O)c1ccc(COc2cccc(C3CCN(C(=O)OC(C)(C)C)CC3)n2)cc1F. The predicted molar refractivity (Wildman–Crippen MR) is 124 cm³/mol. The van der Waals surface area contributed by atoms with E-state index in [1.807, 2.05) is 32.9 Å². The van der Waals surface area contributed by atoms with E-state index < -0.39 is 17.3 Å². The Morgan fingerprint density at radius 3 is 2.50 bits per heavy atom. The number of carbonyl (C=O) groups excluding carboxylic acids is 2. The van der Waals surface area contributed by atoms with E-state index in [2.05, 4.69) is 4.98 Å². The number of hydrogen-bond donors (Lipinski definition) is 0. The van der Waals surface area contributed by atoms with Crippen molar-refractivity contribution in [1.82, 2.24) is 14.9 Å². The number of carbonyl (C=O) groups is 2. The number of pyridine rings is 1. The van der Waals surface area contributed by atoms with Crippen molar-refractivity contribution in [3.8, 4) is 5.88 Å². The van der Waals surface area contributed by atoms with Gasteiger partial charge < -0.3 is 14.4 Å². The average molecular weight is 474 g/mol. The topological polar surface area (TPSA) is 81.2 Å². The molecule has 9 heteroatoms. The summed E-state index contributed by atoms with van der Waals surface area (Å²) in [7, 11) is 2.75. The van der Waals surface area contributed by atoms with Crippen LogP contribution < -0.4 is 4.74 Å². The number of ether oxygens (including phenoxy) is 2.